The molecule has 2 aromatic heterocycles. The van der Waals surface area contributed by atoms with E-state index in [4.69, 9.17) is 0 Å². The van der Waals surface area contributed by atoms with Gasteiger partial charge in [-0.25, -0.2) is 14.6 Å². The van der Waals surface area contributed by atoms with Gasteiger partial charge in [0, 0.05) is 5.92 Å². The number of nitrogens with one attached hydrogen (secondary N) is 2. The zero-order chi connectivity index (χ0) is 15.2. The average Bonchev–Trinajstić information content (AvgIpc) is 2.86. The molecule has 0 radical (unpaired) electrons. The fourth-order valence-corrected chi connectivity index (χ4v) is 1.41. The fraction of sp³-hybridized carbons (Fsp3) is 0.333. The average molecular weight is 289 g/mol. The van der Waals surface area contributed by atoms with Crippen molar-refractivity contribution in [1.29, 1.82) is 0 Å². The minimum absolute atomic E-state index is 0.0283. The summed E-state index contributed by atoms with van der Waals surface area (Å²) in [5.74, 6) is -0.301. The largest absolute Gasteiger partial charge is 0.322 e. The number of nitrogens with zero attached hydrogens (tertiary/aromatic N) is 5. The quantitative estimate of drug-likeness (QED) is 0.818. The normalized spacial score (nSPS) is 10.4. The van der Waals surface area contributed by atoms with Crippen LogP contribution in [-0.2, 0) is 16.1 Å². The molecule has 9 nitrogen and oxygen atoms in total. The molecule has 2 heterocycles. The summed E-state index contributed by atoms with van der Waals surface area (Å²) in [4.78, 5) is 30.9. The van der Waals surface area contributed by atoms with Crippen LogP contribution in [0.25, 0.3) is 0 Å². The third kappa shape index (κ3) is 4.34. The molecule has 0 unspecified atom stereocenters. The second-order valence-corrected chi connectivity index (χ2v) is 4.62. The Labute approximate surface area is 120 Å². The van der Waals surface area contributed by atoms with Gasteiger partial charge in [0.25, 0.3) is 0 Å². The molecule has 0 aliphatic rings. The number of carbonyl (C=O) groups excluding carboxylic acids is 2. The Balaban J connectivity index is 1.90. The summed E-state index contributed by atoms with van der Waals surface area (Å²) in [6.45, 7) is 3.52. The number of rotatable bonds is 5. The van der Waals surface area contributed by atoms with Crippen molar-refractivity contribution in [2.24, 2.45) is 5.92 Å². The lowest BCUT2D eigenvalue weighted by atomic mass is 10.2. The van der Waals surface area contributed by atoms with E-state index in [0.717, 1.165) is 0 Å². The van der Waals surface area contributed by atoms with Crippen LogP contribution in [-0.4, -0.2) is 36.8 Å². The summed E-state index contributed by atoms with van der Waals surface area (Å²) >= 11 is 0. The smallest absolute Gasteiger partial charge is 0.246 e. The van der Waals surface area contributed by atoms with Crippen LogP contribution in [0.1, 0.15) is 13.8 Å². The van der Waals surface area contributed by atoms with Gasteiger partial charge in [0.05, 0.1) is 24.3 Å². The Bertz CT molecular complexity index is 624. The molecule has 21 heavy (non-hydrogen) atoms. The van der Waals surface area contributed by atoms with Gasteiger partial charge in [0.2, 0.25) is 11.8 Å². The van der Waals surface area contributed by atoms with Gasteiger partial charge in [-0.05, 0) is 0 Å². The molecule has 0 spiro atoms. The van der Waals surface area contributed by atoms with Gasteiger partial charge >= 0.3 is 0 Å². The maximum atomic E-state index is 11.8. The summed E-state index contributed by atoms with van der Waals surface area (Å²) in [6.07, 6.45) is 5.83. The molecule has 2 amide bonds. The monoisotopic (exact) mass is 289 g/mol. The minimum Gasteiger partial charge on any atom is -0.322 e. The SMILES string of the molecule is CC(C)C(=O)Nc1cn(CC(=O)Nc2cncnc2)nn1. The standard InChI is InChI=1S/C12H15N7O2/c1-8(2)12(21)16-10-5-19(18-17-10)6-11(20)15-9-3-13-7-14-4-9/h3-5,7-8H,6H2,1-2H3,(H,15,20)(H,16,21). The van der Waals surface area contributed by atoms with E-state index >= 15 is 0 Å². The Kier molecular flexibility index (Phi) is 4.54. The molecule has 0 aliphatic heterocycles. The summed E-state index contributed by atoms with van der Waals surface area (Å²) in [5.41, 5.74) is 0.496. The van der Waals surface area contributed by atoms with Crippen LogP contribution in [0.2, 0.25) is 0 Å². The van der Waals surface area contributed by atoms with Crippen molar-refractivity contribution < 1.29 is 9.59 Å². The van der Waals surface area contributed by atoms with Crippen LogP contribution >= 0.6 is 0 Å². The first kappa shape index (κ1) is 14.6. The Morgan fingerprint density at radius 2 is 1.95 bits per heavy atom. The molecule has 2 rings (SSSR count). The van der Waals surface area contributed by atoms with E-state index in [1.807, 2.05) is 0 Å². The topological polar surface area (TPSA) is 115 Å². The zero-order valence-electron chi connectivity index (χ0n) is 11.6. The maximum absolute atomic E-state index is 11.8. The van der Waals surface area contributed by atoms with Crippen LogP contribution in [0.4, 0.5) is 11.5 Å². The van der Waals surface area contributed by atoms with Crippen molar-refractivity contribution in [3.8, 4) is 0 Å². The van der Waals surface area contributed by atoms with E-state index in [0.29, 0.717) is 11.5 Å². The van der Waals surface area contributed by atoms with Gasteiger partial charge < -0.3 is 10.6 Å². The van der Waals surface area contributed by atoms with E-state index in [-0.39, 0.29) is 24.3 Å². The van der Waals surface area contributed by atoms with Gasteiger partial charge in [0.1, 0.15) is 12.9 Å². The number of hydrogen-bond donors (Lipinski definition) is 2. The molecule has 110 valence electrons. The third-order valence-electron chi connectivity index (χ3n) is 2.46. The molecular formula is C12H15N7O2. The van der Waals surface area contributed by atoms with Crippen molar-refractivity contribution in [2.75, 3.05) is 10.6 Å². The number of aromatic nitrogens is 5. The van der Waals surface area contributed by atoms with Crippen LogP contribution in [0, 0.1) is 5.92 Å². The predicted molar refractivity (Wildman–Crippen MR) is 74.2 cm³/mol. The lowest BCUT2D eigenvalue weighted by Crippen LogP contribution is -2.19. The predicted octanol–water partition coefficient (Wildman–Crippen LogP) is 0.301. The highest BCUT2D eigenvalue weighted by Gasteiger charge is 2.11. The zero-order valence-corrected chi connectivity index (χ0v) is 11.6. The number of carbonyl (C=O) groups is 2. The van der Waals surface area contributed by atoms with E-state index < -0.39 is 0 Å². The molecule has 2 aromatic rings. The molecule has 0 fully saturated rings. The lowest BCUT2D eigenvalue weighted by Gasteiger charge is -2.04. The summed E-state index contributed by atoms with van der Waals surface area (Å²) in [5, 5.41) is 12.8. The Morgan fingerprint density at radius 1 is 1.24 bits per heavy atom. The first-order chi connectivity index (χ1) is 10.0. The van der Waals surface area contributed by atoms with E-state index in [1.54, 1.807) is 13.8 Å². The Morgan fingerprint density at radius 3 is 2.62 bits per heavy atom. The molecule has 9 heteroatoms. The van der Waals surface area contributed by atoms with E-state index in [1.165, 1.54) is 29.6 Å². The molecule has 0 saturated carbocycles. The number of amides is 2. The molecule has 0 saturated heterocycles. The van der Waals surface area contributed by atoms with Crippen molar-refractivity contribution >= 4 is 23.3 Å². The second kappa shape index (κ2) is 6.55. The number of hydrogen-bond acceptors (Lipinski definition) is 6. The number of anilines is 2. The maximum Gasteiger partial charge on any atom is 0.246 e. The van der Waals surface area contributed by atoms with Crippen molar-refractivity contribution in [3.05, 3.63) is 24.9 Å². The van der Waals surface area contributed by atoms with Crippen LogP contribution in [0.5, 0.6) is 0 Å². The third-order valence-corrected chi connectivity index (χ3v) is 2.46. The van der Waals surface area contributed by atoms with Gasteiger partial charge in [-0.1, -0.05) is 19.1 Å². The summed E-state index contributed by atoms with van der Waals surface area (Å²) < 4.78 is 1.33. The van der Waals surface area contributed by atoms with Crippen molar-refractivity contribution in [2.45, 2.75) is 20.4 Å². The summed E-state index contributed by atoms with van der Waals surface area (Å²) in [6, 6.07) is 0. The first-order valence-electron chi connectivity index (χ1n) is 6.30. The molecule has 0 atom stereocenters. The fourth-order valence-electron chi connectivity index (χ4n) is 1.41. The first-order valence-corrected chi connectivity index (χ1v) is 6.30. The van der Waals surface area contributed by atoms with Crippen LogP contribution < -0.4 is 10.6 Å². The highest BCUT2D eigenvalue weighted by molar-refractivity contribution is 5.91. The molecular weight excluding hydrogens is 274 g/mol. The van der Waals surface area contributed by atoms with Crippen LogP contribution in [0.15, 0.2) is 24.9 Å². The van der Waals surface area contributed by atoms with Crippen LogP contribution in [0.3, 0.4) is 0 Å². The molecule has 0 aliphatic carbocycles. The second-order valence-electron chi connectivity index (χ2n) is 4.62. The summed E-state index contributed by atoms with van der Waals surface area (Å²) in [7, 11) is 0. The van der Waals surface area contributed by atoms with Gasteiger partial charge in [-0.3, -0.25) is 9.59 Å². The van der Waals surface area contributed by atoms with Gasteiger partial charge in [0.15, 0.2) is 5.82 Å². The van der Waals surface area contributed by atoms with Gasteiger partial charge in [-0.2, -0.15) is 0 Å². The van der Waals surface area contributed by atoms with Crippen molar-refractivity contribution in [3.63, 3.8) is 0 Å². The highest BCUT2D eigenvalue weighted by Crippen LogP contribution is 2.04. The van der Waals surface area contributed by atoms with E-state index in [2.05, 4.69) is 30.9 Å². The van der Waals surface area contributed by atoms with Crippen molar-refractivity contribution in [1.82, 2.24) is 25.0 Å². The highest BCUT2D eigenvalue weighted by atomic mass is 16.2. The Hall–Kier alpha value is -2.84. The molecule has 0 aromatic carbocycles. The van der Waals surface area contributed by atoms with E-state index in [9.17, 15) is 9.59 Å². The lowest BCUT2D eigenvalue weighted by molar-refractivity contribution is -0.119. The minimum atomic E-state index is -0.295. The molecule has 0 bridgehead atoms. The molecule has 2 N–H and O–H groups in total. The van der Waals surface area contributed by atoms with Gasteiger partial charge in [-0.15, -0.1) is 5.10 Å².